The lowest BCUT2D eigenvalue weighted by molar-refractivity contribution is 0.102. The van der Waals surface area contributed by atoms with E-state index in [1.807, 2.05) is 0 Å². The maximum atomic E-state index is 12.1. The second kappa shape index (κ2) is 6.31. The summed E-state index contributed by atoms with van der Waals surface area (Å²) in [6.07, 6.45) is 1.46. The number of nitrogens with one attached hydrogen (secondary N) is 2. The lowest BCUT2D eigenvalue weighted by Crippen LogP contribution is -2.12. The Morgan fingerprint density at radius 3 is 2.40 bits per heavy atom. The molecule has 0 saturated carbocycles. The molecule has 0 spiro atoms. The number of carbonyl (C=O) groups is 1. The first-order valence-corrected chi connectivity index (χ1v) is 6.74. The molecule has 1 heterocycles. The number of amides is 1. The van der Waals surface area contributed by atoms with Crippen LogP contribution in [0.1, 0.15) is 10.4 Å². The highest BCUT2D eigenvalue weighted by Crippen LogP contribution is 2.32. The molecule has 7 heteroatoms. The zero-order chi connectivity index (χ0) is 14.7. The van der Waals surface area contributed by atoms with Crippen molar-refractivity contribution in [1.82, 2.24) is 4.98 Å². The van der Waals surface area contributed by atoms with Crippen molar-refractivity contribution in [3.63, 3.8) is 0 Å². The predicted octanol–water partition coefficient (Wildman–Crippen LogP) is 4.34. The number of aromatic nitrogens is 1. The van der Waals surface area contributed by atoms with Crippen LogP contribution in [0.2, 0.25) is 15.1 Å². The van der Waals surface area contributed by atoms with Crippen molar-refractivity contribution in [2.75, 3.05) is 17.7 Å². The third-order valence-corrected chi connectivity index (χ3v) is 3.57. The van der Waals surface area contributed by atoms with Crippen molar-refractivity contribution >= 4 is 52.2 Å². The lowest BCUT2D eigenvalue weighted by atomic mass is 10.2. The molecule has 0 fully saturated rings. The fourth-order valence-corrected chi connectivity index (χ4v) is 2.08. The zero-order valence-electron chi connectivity index (χ0n) is 10.4. The monoisotopic (exact) mass is 329 g/mol. The highest BCUT2D eigenvalue weighted by Gasteiger charge is 2.11. The van der Waals surface area contributed by atoms with Crippen LogP contribution >= 0.6 is 34.8 Å². The standard InChI is InChI=1S/C13H10Cl3N3O/c1-17-12-3-2-7(6-18-12)13(20)19-11-5-9(15)8(14)4-10(11)16/h2-6H,1H3,(H,17,18)(H,19,20). The third kappa shape index (κ3) is 3.33. The highest BCUT2D eigenvalue weighted by molar-refractivity contribution is 6.44. The minimum Gasteiger partial charge on any atom is -0.373 e. The molecule has 2 rings (SSSR count). The van der Waals surface area contributed by atoms with Crippen LogP contribution in [0.5, 0.6) is 0 Å². The average molecular weight is 331 g/mol. The number of hydrogen-bond acceptors (Lipinski definition) is 3. The van der Waals surface area contributed by atoms with Crippen LogP contribution < -0.4 is 10.6 Å². The number of nitrogens with zero attached hydrogens (tertiary/aromatic N) is 1. The van der Waals surface area contributed by atoms with Gasteiger partial charge in [0.2, 0.25) is 0 Å². The van der Waals surface area contributed by atoms with Gasteiger partial charge in [0, 0.05) is 13.2 Å². The van der Waals surface area contributed by atoms with E-state index in [0.29, 0.717) is 32.1 Å². The van der Waals surface area contributed by atoms with Crippen molar-refractivity contribution in [3.05, 3.63) is 51.1 Å². The minimum absolute atomic E-state index is 0.313. The maximum Gasteiger partial charge on any atom is 0.257 e. The Bertz CT molecular complexity index is 644. The molecule has 2 N–H and O–H groups in total. The highest BCUT2D eigenvalue weighted by atomic mass is 35.5. The van der Waals surface area contributed by atoms with Crippen molar-refractivity contribution in [2.45, 2.75) is 0 Å². The predicted molar refractivity (Wildman–Crippen MR) is 83.2 cm³/mol. The molecule has 0 aliphatic carbocycles. The number of halogens is 3. The van der Waals surface area contributed by atoms with Crippen LogP contribution in [0, 0.1) is 0 Å². The molecule has 0 atom stereocenters. The quantitative estimate of drug-likeness (QED) is 0.823. The van der Waals surface area contributed by atoms with Gasteiger partial charge in [-0.2, -0.15) is 0 Å². The van der Waals surface area contributed by atoms with Gasteiger partial charge >= 0.3 is 0 Å². The van der Waals surface area contributed by atoms with Crippen LogP contribution in [0.4, 0.5) is 11.5 Å². The molecule has 0 bridgehead atoms. The Kier molecular flexibility index (Phi) is 4.70. The summed E-state index contributed by atoms with van der Waals surface area (Å²) >= 11 is 17.7. The van der Waals surface area contributed by atoms with Crippen LogP contribution in [0.15, 0.2) is 30.5 Å². The molecule has 104 valence electrons. The van der Waals surface area contributed by atoms with Gasteiger partial charge in [-0.1, -0.05) is 34.8 Å². The Morgan fingerprint density at radius 2 is 1.80 bits per heavy atom. The van der Waals surface area contributed by atoms with Crippen LogP contribution in [0.3, 0.4) is 0 Å². The summed E-state index contributed by atoms with van der Waals surface area (Å²) in [4.78, 5) is 16.1. The SMILES string of the molecule is CNc1ccc(C(=O)Nc2cc(Cl)c(Cl)cc2Cl)cn1. The van der Waals surface area contributed by atoms with Gasteiger partial charge in [-0.05, 0) is 24.3 Å². The van der Waals surface area contributed by atoms with E-state index < -0.39 is 0 Å². The van der Waals surface area contributed by atoms with E-state index in [4.69, 9.17) is 34.8 Å². The fraction of sp³-hybridized carbons (Fsp3) is 0.0769. The number of benzene rings is 1. The molecule has 0 radical (unpaired) electrons. The third-order valence-electron chi connectivity index (χ3n) is 2.54. The summed E-state index contributed by atoms with van der Waals surface area (Å²) in [5, 5.41) is 6.48. The maximum absolute atomic E-state index is 12.1. The molecule has 4 nitrogen and oxygen atoms in total. The molecule has 0 aliphatic rings. The van der Waals surface area contributed by atoms with Crippen molar-refractivity contribution in [3.8, 4) is 0 Å². The first-order valence-electron chi connectivity index (χ1n) is 5.61. The van der Waals surface area contributed by atoms with E-state index >= 15 is 0 Å². The van der Waals surface area contributed by atoms with E-state index in [-0.39, 0.29) is 5.91 Å². The Hall–Kier alpha value is -1.49. The summed E-state index contributed by atoms with van der Waals surface area (Å²) in [5.74, 6) is 0.342. The van der Waals surface area contributed by atoms with Gasteiger partial charge in [0.1, 0.15) is 5.82 Å². The summed E-state index contributed by atoms with van der Waals surface area (Å²) in [6, 6.07) is 6.33. The molecular weight excluding hydrogens is 321 g/mol. The number of anilines is 2. The molecule has 0 unspecified atom stereocenters. The lowest BCUT2D eigenvalue weighted by Gasteiger charge is -2.09. The van der Waals surface area contributed by atoms with Gasteiger partial charge in [0.05, 0.1) is 26.3 Å². The van der Waals surface area contributed by atoms with Gasteiger partial charge in [-0.3, -0.25) is 4.79 Å². The molecule has 0 aliphatic heterocycles. The first-order chi connectivity index (χ1) is 9.51. The fourth-order valence-electron chi connectivity index (χ4n) is 1.49. The van der Waals surface area contributed by atoms with Crippen LogP contribution in [-0.2, 0) is 0 Å². The second-order valence-corrected chi connectivity index (χ2v) is 5.10. The number of carbonyl (C=O) groups excluding carboxylic acids is 1. The average Bonchev–Trinajstić information content (AvgIpc) is 2.44. The largest absolute Gasteiger partial charge is 0.373 e. The van der Waals surface area contributed by atoms with Gasteiger partial charge < -0.3 is 10.6 Å². The smallest absolute Gasteiger partial charge is 0.257 e. The van der Waals surface area contributed by atoms with Crippen LogP contribution in [-0.4, -0.2) is 17.9 Å². The Morgan fingerprint density at radius 1 is 1.10 bits per heavy atom. The Balaban J connectivity index is 2.20. The zero-order valence-corrected chi connectivity index (χ0v) is 12.6. The van der Waals surface area contributed by atoms with E-state index in [1.54, 1.807) is 19.2 Å². The van der Waals surface area contributed by atoms with E-state index in [0.717, 1.165) is 0 Å². The summed E-state index contributed by atoms with van der Waals surface area (Å²) in [7, 11) is 1.75. The molecule has 1 aromatic heterocycles. The van der Waals surface area contributed by atoms with Crippen LogP contribution in [0.25, 0.3) is 0 Å². The Labute approximate surface area is 131 Å². The van der Waals surface area contributed by atoms with Gasteiger partial charge in [0.25, 0.3) is 5.91 Å². The molecule has 20 heavy (non-hydrogen) atoms. The van der Waals surface area contributed by atoms with Crippen molar-refractivity contribution in [2.24, 2.45) is 0 Å². The molecule has 1 amide bonds. The van der Waals surface area contributed by atoms with Crippen molar-refractivity contribution in [1.29, 1.82) is 0 Å². The van der Waals surface area contributed by atoms with Gasteiger partial charge in [-0.15, -0.1) is 0 Å². The normalized spacial score (nSPS) is 10.2. The molecule has 0 saturated heterocycles. The van der Waals surface area contributed by atoms with E-state index in [1.165, 1.54) is 18.3 Å². The summed E-state index contributed by atoms with van der Waals surface area (Å²) in [5.41, 5.74) is 0.801. The summed E-state index contributed by atoms with van der Waals surface area (Å²) < 4.78 is 0. The van der Waals surface area contributed by atoms with E-state index in [9.17, 15) is 4.79 Å². The van der Waals surface area contributed by atoms with E-state index in [2.05, 4.69) is 15.6 Å². The second-order valence-electron chi connectivity index (χ2n) is 3.88. The topological polar surface area (TPSA) is 54.0 Å². The first kappa shape index (κ1) is 14.9. The molecule has 1 aromatic carbocycles. The molecule has 2 aromatic rings. The molecular formula is C13H10Cl3N3O. The number of rotatable bonds is 3. The minimum atomic E-state index is -0.333. The van der Waals surface area contributed by atoms with Crippen molar-refractivity contribution < 1.29 is 4.79 Å². The van der Waals surface area contributed by atoms with Gasteiger partial charge in [0.15, 0.2) is 0 Å². The summed E-state index contributed by atoms with van der Waals surface area (Å²) in [6.45, 7) is 0. The number of hydrogen-bond donors (Lipinski definition) is 2. The van der Waals surface area contributed by atoms with Gasteiger partial charge in [-0.25, -0.2) is 4.98 Å². The number of pyridine rings is 1.